The Bertz CT molecular complexity index is 820. The molecule has 1 unspecified atom stereocenters. The van der Waals surface area contributed by atoms with E-state index in [1.165, 1.54) is 6.33 Å². The van der Waals surface area contributed by atoms with Crippen molar-refractivity contribution in [2.75, 3.05) is 18.5 Å². The maximum absolute atomic E-state index is 5.86. The lowest BCUT2D eigenvalue weighted by molar-refractivity contribution is 0.141. The first-order valence-electron chi connectivity index (χ1n) is 8.08. The van der Waals surface area contributed by atoms with Gasteiger partial charge < -0.3 is 14.8 Å². The Kier molecular flexibility index (Phi) is 4.47. The van der Waals surface area contributed by atoms with Gasteiger partial charge in [-0.25, -0.2) is 19.9 Å². The molecule has 0 aliphatic carbocycles. The van der Waals surface area contributed by atoms with Crippen LogP contribution in [0.1, 0.15) is 6.42 Å². The van der Waals surface area contributed by atoms with Gasteiger partial charge in [0, 0.05) is 30.6 Å². The summed E-state index contributed by atoms with van der Waals surface area (Å²) in [5, 5.41) is 3.25. The van der Waals surface area contributed by atoms with E-state index >= 15 is 0 Å². The number of benzene rings is 1. The molecule has 4 rings (SSSR count). The third-order valence-electron chi connectivity index (χ3n) is 3.78. The molecule has 3 aromatic rings. The predicted molar refractivity (Wildman–Crippen MR) is 92.6 cm³/mol. The van der Waals surface area contributed by atoms with Gasteiger partial charge in [-0.2, -0.15) is 0 Å². The molecule has 7 heteroatoms. The molecule has 1 fully saturated rings. The van der Waals surface area contributed by atoms with E-state index in [1.54, 1.807) is 18.5 Å². The van der Waals surface area contributed by atoms with Crippen molar-refractivity contribution in [2.24, 2.45) is 0 Å². The molecule has 126 valence electrons. The minimum absolute atomic E-state index is 0.147. The van der Waals surface area contributed by atoms with Gasteiger partial charge in [0.05, 0.1) is 13.2 Å². The molecule has 25 heavy (non-hydrogen) atoms. The second kappa shape index (κ2) is 7.23. The Morgan fingerprint density at radius 3 is 2.64 bits per heavy atom. The number of aromatic nitrogens is 4. The van der Waals surface area contributed by atoms with E-state index in [0.717, 1.165) is 24.5 Å². The molecule has 1 atom stereocenters. The lowest BCUT2D eigenvalue weighted by Crippen LogP contribution is -2.15. The van der Waals surface area contributed by atoms with Gasteiger partial charge in [0.25, 0.3) is 0 Å². The highest BCUT2D eigenvalue weighted by Crippen LogP contribution is 2.22. The number of nitrogens with zero attached hydrogens (tertiary/aromatic N) is 4. The van der Waals surface area contributed by atoms with Crippen LogP contribution in [0.25, 0.3) is 11.5 Å². The van der Waals surface area contributed by atoms with Crippen LogP contribution in [0.2, 0.25) is 0 Å². The van der Waals surface area contributed by atoms with Crippen molar-refractivity contribution >= 4 is 11.5 Å². The van der Waals surface area contributed by atoms with Crippen LogP contribution in [0, 0.1) is 0 Å². The summed E-state index contributed by atoms with van der Waals surface area (Å²) in [7, 11) is 0. The van der Waals surface area contributed by atoms with Gasteiger partial charge in [-0.05, 0) is 30.3 Å². The van der Waals surface area contributed by atoms with Crippen molar-refractivity contribution in [2.45, 2.75) is 12.5 Å². The van der Waals surface area contributed by atoms with E-state index in [0.29, 0.717) is 23.9 Å². The van der Waals surface area contributed by atoms with Gasteiger partial charge in [0.15, 0.2) is 5.82 Å². The van der Waals surface area contributed by atoms with Crippen molar-refractivity contribution in [3.63, 3.8) is 0 Å². The Morgan fingerprint density at radius 2 is 1.88 bits per heavy atom. The molecular weight excluding hydrogens is 318 g/mol. The first kappa shape index (κ1) is 15.5. The normalized spacial score (nSPS) is 16.6. The number of hydrogen-bond acceptors (Lipinski definition) is 7. The molecule has 0 saturated carbocycles. The third-order valence-corrected chi connectivity index (χ3v) is 3.78. The van der Waals surface area contributed by atoms with E-state index < -0.39 is 0 Å². The Hall–Kier alpha value is -3.06. The average molecular weight is 335 g/mol. The number of rotatable bonds is 5. The van der Waals surface area contributed by atoms with Crippen LogP contribution in [0.5, 0.6) is 5.75 Å². The van der Waals surface area contributed by atoms with E-state index in [4.69, 9.17) is 9.47 Å². The fourth-order valence-electron chi connectivity index (χ4n) is 2.54. The molecule has 0 spiro atoms. The quantitative estimate of drug-likeness (QED) is 0.767. The summed E-state index contributed by atoms with van der Waals surface area (Å²) < 4.78 is 11.2. The minimum Gasteiger partial charge on any atom is -0.488 e. The number of ether oxygens (including phenoxy) is 2. The lowest BCUT2D eigenvalue weighted by Gasteiger charge is -2.12. The van der Waals surface area contributed by atoms with Crippen LogP contribution >= 0.6 is 0 Å². The minimum atomic E-state index is 0.147. The van der Waals surface area contributed by atoms with Gasteiger partial charge in [-0.1, -0.05) is 0 Å². The molecule has 0 bridgehead atoms. The largest absolute Gasteiger partial charge is 0.488 e. The zero-order chi connectivity index (χ0) is 16.9. The molecule has 1 aliphatic heterocycles. The summed E-state index contributed by atoms with van der Waals surface area (Å²) in [6.45, 7) is 1.43. The zero-order valence-electron chi connectivity index (χ0n) is 13.5. The topological polar surface area (TPSA) is 82.1 Å². The average Bonchev–Trinajstić information content (AvgIpc) is 3.17. The van der Waals surface area contributed by atoms with Crippen molar-refractivity contribution in [3.05, 3.63) is 55.1 Å². The maximum Gasteiger partial charge on any atom is 0.178 e. The SMILES string of the molecule is c1cnc(-c2cc(Nc3ccc(OC4CCOC4)cc3)ncn2)nc1. The van der Waals surface area contributed by atoms with Crippen LogP contribution in [0.15, 0.2) is 55.1 Å². The Labute approximate surface area is 145 Å². The highest BCUT2D eigenvalue weighted by Gasteiger charge is 2.16. The maximum atomic E-state index is 5.86. The second-order valence-corrected chi connectivity index (χ2v) is 5.61. The summed E-state index contributed by atoms with van der Waals surface area (Å²) in [6.07, 6.45) is 5.95. The van der Waals surface area contributed by atoms with Crippen molar-refractivity contribution in [3.8, 4) is 17.3 Å². The molecule has 2 aromatic heterocycles. The van der Waals surface area contributed by atoms with Gasteiger partial charge in [-0.3, -0.25) is 0 Å². The van der Waals surface area contributed by atoms with Gasteiger partial charge in [0.2, 0.25) is 0 Å². The standard InChI is InChI=1S/C18H17N5O2/c1-7-19-18(20-8-1)16-10-17(22-12-21-16)23-13-2-4-14(5-3-13)25-15-6-9-24-11-15/h1-5,7-8,10,12,15H,6,9,11H2,(H,21,22,23). The summed E-state index contributed by atoms with van der Waals surface area (Å²) in [5.74, 6) is 2.08. The van der Waals surface area contributed by atoms with E-state index in [-0.39, 0.29) is 6.10 Å². The van der Waals surface area contributed by atoms with Gasteiger partial charge in [0.1, 0.15) is 29.7 Å². The monoisotopic (exact) mass is 335 g/mol. The highest BCUT2D eigenvalue weighted by molar-refractivity contribution is 5.61. The molecular formula is C18H17N5O2. The van der Waals surface area contributed by atoms with Crippen molar-refractivity contribution in [1.29, 1.82) is 0 Å². The van der Waals surface area contributed by atoms with Crippen molar-refractivity contribution in [1.82, 2.24) is 19.9 Å². The van der Waals surface area contributed by atoms with E-state index in [1.807, 2.05) is 30.3 Å². The van der Waals surface area contributed by atoms with Gasteiger partial charge >= 0.3 is 0 Å². The fraction of sp³-hybridized carbons (Fsp3) is 0.222. The van der Waals surface area contributed by atoms with Crippen LogP contribution < -0.4 is 10.1 Å². The Balaban J connectivity index is 1.45. The number of anilines is 2. The third kappa shape index (κ3) is 3.89. The summed E-state index contributed by atoms with van der Waals surface area (Å²) in [6, 6.07) is 11.4. The van der Waals surface area contributed by atoms with E-state index in [9.17, 15) is 0 Å². The van der Waals surface area contributed by atoms with Gasteiger partial charge in [-0.15, -0.1) is 0 Å². The predicted octanol–water partition coefficient (Wildman–Crippen LogP) is 2.84. The zero-order valence-corrected chi connectivity index (χ0v) is 13.5. The van der Waals surface area contributed by atoms with Crippen LogP contribution in [-0.4, -0.2) is 39.3 Å². The number of hydrogen-bond donors (Lipinski definition) is 1. The first-order chi connectivity index (χ1) is 12.4. The smallest absolute Gasteiger partial charge is 0.178 e. The molecule has 7 nitrogen and oxygen atoms in total. The summed E-state index contributed by atoms with van der Waals surface area (Å²) >= 11 is 0. The Morgan fingerprint density at radius 1 is 1.04 bits per heavy atom. The molecule has 0 amide bonds. The summed E-state index contributed by atoms with van der Waals surface area (Å²) in [4.78, 5) is 16.9. The molecule has 0 radical (unpaired) electrons. The van der Waals surface area contributed by atoms with Crippen molar-refractivity contribution < 1.29 is 9.47 Å². The summed E-state index contributed by atoms with van der Waals surface area (Å²) in [5.41, 5.74) is 1.58. The fourth-order valence-corrected chi connectivity index (χ4v) is 2.54. The van der Waals surface area contributed by atoms with E-state index in [2.05, 4.69) is 25.3 Å². The van der Waals surface area contributed by atoms with Crippen LogP contribution in [0.3, 0.4) is 0 Å². The van der Waals surface area contributed by atoms with Crippen LogP contribution in [-0.2, 0) is 4.74 Å². The molecule has 1 N–H and O–H groups in total. The molecule has 3 heterocycles. The lowest BCUT2D eigenvalue weighted by atomic mass is 10.2. The van der Waals surface area contributed by atoms with Crippen LogP contribution in [0.4, 0.5) is 11.5 Å². The molecule has 1 saturated heterocycles. The second-order valence-electron chi connectivity index (χ2n) is 5.61. The highest BCUT2D eigenvalue weighted by atomic mass is 16.5. The number of nitrogens with one attached hydrogen (secondary N) is 1. The first-order valence-corrected chi connectivity index (χ1v) is 8.08. The molecule has 1 aromatic carbocycles. The molecule has 1 aliphatic rings.